The molecule has 1 fully saturated rings. The zero-order valence-electron chi connectivity index (χ0n) is 14.0. The van der Waals surface area contributed by atoms with Gasteiger partial charge in [0.25, 0.3) is 0 Å². The van der Waals surface area contributed by atoms with Crippen LogP contribution in [0.25, 0.3) is 0 Å². The van der Waals surface area contributed by atoms with Crippen molar-refractivity contribution in [3.63, 3.8) is 0 Å². The second kappa shape index (κ2) is 8.30. The predicted molar refractivity (Wildman–Crippen MR) is 92.7 cm³/mol. The molecule has 0 aliphatic heterocycles. The Morgan fingerprint density at radius 2 is 1.88 bits per heavy atom. The first-order valence-corrected chi connectivity index (χ1v) is 9.95. The highest BCUT2D eigenvalue weighted by Gasteiger charge is 2.28. The van der Waals surface area contributed by atoms with E-state index in [0.29, 0.717) is 6.54 Å². The van der Waals surface area contributed by atoms with Crippen molar-refractivity contribution in [2.24, 2.45) is 5.92 Å². The monoisotopic (exact) mass is 369 g/mol. The van der Waals surface area contributed by atoms with Crippen molar-refractivity contribution >= 4 is 22.0 Å². The standard InChI is InChI=1S/C16H23N3O5S/c1-25(23,24)18-10-13-3-2-4-14(13)19-16(22)17-9-11-5-7-12(8-6-11)15(20)21/h5-8,13-14,18H,2-4,9-10H2,1H3,(H,20,21)(H2,17,19,22). The molecule has 2 unspecified atom stereocenters. The molecular weight excluding hydrogens is 346 g/mol. The van der Waals surface area contributed by atoms with E-state index < -0.39 is 16.0 Å². The molecule has 1 aromatic rings. The fourth-order valence-electron chi connectivity index (χ4n) is 2.90. The largest absolute Gasteiger partial charge is 0.478 e. The second-order valence-electron chi connectivity index (χ2n) is 6.25. The molecule has 0 heterocycles. The number of urea groups is 1. The molecule has 0 bridgehead atoms. The molecule has 1 aliphatic carbocycles. The molecule has 2 rings (SSSR count). The number of carboxylic acids is 1. The molecular formula is C16H23N3O5S. The van der Waals surface area contributed by atoms with Gasteiger partial charge in [0.1, 0.15) is 0 Å². The Balaban J connectivity index is 1.79. The molecule has 8 nitrogen and oxygen atoms in total. The van der Waals surface area contributed by atoms with Gasteiger partial charge in [0, 0.05) is 19.1 Å². The Morgan fingerprint density at radius 1 is 1.20 bits per heavy atom. The van der Waals surface area contributed by atoms with Crippen molar-refractivity contribution in [1.29, 1.82) is 0 Å². The van der Waals surface area contributed by atoms with E-state index >= 15 is 0 Å². The third kappa shape index (κ3) is 6.35. The zero-order valence-corrected chi connectivity index (χ0v) is 14.8. The van der Waals surface area contributed by atoms with Crippen LogP contribution in [0.1, 0.15) is 35.2 Å². The average Bonchev–Trinajstić information content (AvgIpc) is 2.98. The van der Waals surface area contributed by atoms with E-state index in [1.807, 2.05) is 0 Å². The van der Waals surface area contributed by atoms with Gasteiger partial charge in [0.05, 0.1) is 11.8 Å². The summed E-state index contributed by atoms with van der Waals surface area (Å²) in [4.78, 5) is 22.8. The number of hydrogen-bond donors (Lipinski definition) is 4. The van der Waals surface area contributed by atoms with Gasteiger partial charge in [-0.25, -0.2) is 22.7 Å². The van der Waals surface area contributed by atoms with Gasteiger partial charge >= 0.3 is 12.0 Å². The molecule has 138 valence electrons. The summed E-state index contributed by atoms with van der Waals surface area (Å²) in [6.45, 7) is 0.602. The zero-order chi connectivity index (χ0) is 18.4. The minimum absolute atomic E-state index is 0.0661. The maximum absolute atomic E-state index is 12.0. The molecule has 1 saturated carbocycles. The average molecular weight is 369 g/mol. The predicted octanol–water partition coefficient (Wildman–Crippen LogP) is 0.902. The van der Waals surface area contributed by atoms with Gasteiger partial charge in [-0.05, 0) is 36.5 Å². The van der Waals surface area contributed by atoms with Crippen molar-refractivity contribution in [2.75, 3.05) is 12.8 Å². The number of sulfonamides is 1. The lowest BCUT2D eigenvalue weighted by Crippen LogP contribution is -2.45. The topological polar surface area (TPSA) is 125 Å². The molecule has 0 spiro atoms. The number of carboxylic acid groups (broad SMARTS) is 1. The van der Waals surface area contributed by atoms with Crippen LogP contribution >= 0.6 is 0 Å². The normalized spacial score (nSPS) is 20.2. The lowest BCUT2D eigenvalue weighted by molar-refractivity contribution is 0.0697. The van der Waals surface area contributed by atoms with Crippen molar-refractivity contribution in [2.45, 2.75) is 31.8 Å². The molecule has 1 aliphatic rings. The first-order valence-electron chi connectivity index (χ1n) is 8.06. The number of hydrogen-bond acceptors (Lipinski definition) is 4. The van der Waals surface area contributed by atoms with Gasteiger partial charge in [-0.3, -0.25) is 0 Å². The summed E-state index contributed by atoms with van der Waals surface area (Å²) in [5.74, 6) is -0.914. The van der Waals surface area contributed by atoms with Crippen molar-refractivity contribution in [1.82, 2.24) is 15.4 Å². The lowest BCUT2D eigenvalue weighted by Gasteiger charge is -2.21. The van der Waals surface area contributed by atoms with Gasteiger partial charge in [-0.1, -0.05) is 18.6 Å². The van der Waals surface area contributed by atoms with Gasteiger partial charge in [0.2, 0.25) is 10.0 Å². The summed E-state index contributed by atoms with van der Waals surface area (Å²) >= 11 is 0. The summed E-state index contributed by atoms with van der Waals surface area (Å²) in [6.07, 6.45) is 3.74. The van der Waals surface area contributed by atoms with Crippen LogP contribution in [0.2, 0.25) is 0 Å². The minimum Gasteiger partial charge on any atom is -0.478 e. The van der Waals surface area contributed by atoms with Crippen LogP contribution < -0.4 is 15.4 Å². The van der Waals surface area contributed by atoms with Crippen LogP contribution in [-0.4, -0.2) is 44.4 Å². The maximum Gasteiger partial charge on any atom is 0.335 e. The first kappa shape index (κ1) is 19.2. The molecule has 25 heavy (non-hydrogen) atoms. The van der Waals surface area contributed by atoms with E-state index in [1.165, 1.54) is 12.1 Å². The summed E-state index contributed by atoms with van der Waals surface area (Å²) in [5, 5.41) is 14.5. The van der Waals surface area contributed by atoms with Crippen LogP contribution in [0.15, 0.2) is 24.3 Å². The molecule has 4 N–H and O–H groups in total. The van der Waals surface area contributed by atoms with Gasteiger partial charge < -0.3 is 15.7 Å². The van der Waals surface area contributed by atoms with Crippen molar-refractivity contribution < 1.29 is 23.1 Å². The minimum atomic E-state index is -3.24. The lowest BCUT2D eigenvalue weighted by atomic mass is 10.0. The van der Waals surface area contributed by atoms with E-state index in [2.05, 4.69) is 15.4 Å². The summed E-state index contributed by atoms with van der Waals surface area (Å²) in [5.41, 5.74) is 0.988. The fraction of sp³-hybridized carbons (Fsp3) is 0.500. The van der Waals surface area contributed by atoms with Gasteiger partial charge in [-0.2, -0.15) is 0 Å². The van der Waals surface area contributed by atoms with E-state index in [4.69, 9.17) is 5.11 Å². The van der Waals surface area contributed by atoms with Crippen LogP contribution in [-0.2, 0) is 16.6 Å². The van der Waals surface area contributed by atoms with Crippen LogP contribution in [0.4, 0.5) is 4.79 Å². The first-order chi connectivity index (χ1) is 11.7. The maximum atomic E-state index is 12.0. The Labute approximate surface area is 147 Å². The summed E-state index contributed by atoms with van der Waals surface area (Å²) < 4.78 is 24.9. The number of rotatable bonds is 7. The SMILES string of the molecule is CS(=O)(=O)NCC1CCCC1NC(=O)NCc1ccc(C(=O)O)cc1. The second-order valence-corrected chi connectivity index (χ2v) is 8.08. The van der Waals surface area contributed by atoms with Crippen LogP contribution in [0, 0.1) is 5.92 Å². The molecule has 2 atom stereocenters. The molecule has 1 aromatic carbocycles. The fourth-order valence-corrected chi connectivity index (χ4v) is 3.41. The van der Waals surface area contributed by atoms with Crippen molar-refractivity contribution in [3.05, 3.63) is 35.4 Å². The molecule has 0 radical (unpaired) electrons. The number of carbonyl (C=O) groups is 2. The van der Waals surface area contributed by atoms with E-state index in [9.17, 15) is 18.0 Å². The Kier molecular flexibility index (Phi) is 6.38. The summed E-state index contributed by atoms with van der Waals surface area (Å²) in [7, 11) is -3.24. The van der Waals surface area contributed by atoms with Crippen molar-refractivity contribution in [3.8, 4) is 0 Å². The van der Waals surface area contributed by atoms with Crippen LogP contribution in [0.3, 0.4) is 0 Å². The number of benzene rings is 1. The highest BCUT2D eigenvalue weighted by molar-refractivity contribution is 7.88. The van der Waals surface area contributed by atoms with E-state index in [0.717, 1.165) is 31.1 Å². The van der Waals surface area contributed by atoms with E-state index in [-0.39, 0.29) is 30.1 Å². The molecule has 0 saturated heterocycles. The van der Waals surface area contributed by atoms with Gasteiger partial charge in [0.15, 0.2) is 0 Å². The van der Waals surface area contributed by atoms with Gasteiger partial charge in [-0.15, -0.1) is 0 Å². The number of aromatic carboxylic acids is 1. The quantitative estimate of drug-likeness (QED) is 0.568. The highest BCUT2D eigenvalue weighted by Crippen LogP contribution is 2.25. The Morgan fingerprint density at radius 3 is 2.48 bits per heavy atom. The van der Waals surface area contributed by atoms with Crippen LogP contribution in [0.5, 0.6) is 0 Å². The third-order valence-electron chi connectivity index (χ3n) is 4.24. The third-order valence-corrected chi connectivity index (χ3v) is 4.93. The highest BCUT2D eigenvalue weighted by atomic mass is 32.2. The molecule has 0 aromatic heterocycles. The molecule has 2 amide bonds. The number of nitrogens with one attached hydrogen (secondary N) is 3. The number of carbonyl (C=O) groups excluding carboxylic acids is 1. The van der Waals surface area contributed by atoms with E-state index in [1.54, 1.807) is 12.1 Å². The number of amides is 2. The molecule has 9 heteroatoms. The summed E-state index contributed by atoms with van der Waals surface area (Å²) in [6, 6.07) is 5.89. The Bertz CT molecular complexity index is 718. The Hall–Kier alpha value is -2.13. The smallest absolute Gasteiger partial charge is 0.335 e.